The summed E-state index contributed by atoms with van der Waals surface area (Å²) in [6.07, 6.45) is 4.99. The topological polar surface area (TPSA) is 82.2 Å². The molecule has 1 fully saturated rings. The van der Waals surface area contributed by atoms with Gasteiger partial charge in [-0.1, -0.05) is 0 Å². The second-order valence-electron chi connectivity index (χ2n) is 4.52. The average molecular weight is 325 g/mol. The maximum absolute atomic E-state index is 11.8. The lowest BCUT2D eigenvalue weighted by molar-refractivity contribution is -0.131. The standard InChI is InChI=1S/C12H20N4O2.2ClH/c1-9-14-4-6-16(9)7-5-15-12(17)11-3-2-10(8-13)18-11;;/h4,6,10-11H,2-3,5,7-8,13H2,1H3,(H,15,17);2*1H/t10-,11+;;/m1../s1. The van der Waals surface area contributed by atoms with Gasteiger partial charge in [0.2, 0.25) is 5.91 Å². The van der Waals surface area contributed by atoms with Crippen molar-refractivity contribution < 1.29 is 9.53 Å². The fourth-order valence-electron chi connectivity index (χ4n) is 2.13. The number of rotatable bonds is 5. The Labute approximate surface area is 131 Å². The van der Waals surface area contributed by atoms with Crippen LogP contribution in [0.4, 0.5) is 0 Å². The Balaban J connectivity index is 0.00000180. The molecule has 0 bridgehead atoms. The number of imidazole rings is 1. The molecule has 0 spiro atoms. The number of amides is 1. The maximum atomic E-state index is 11.8. The normalized spacial score (nSPS) is 20.9. The van der Waals surface area contributed by atoms with E-state index in [4.69, 9.17) is 10.5 Å². The van der Waals surface area contributed by atoms with Crippen molar-refractivity contribution in [2.45, 2.75) is 38.5 Å². The fourth-order valence-corrected chi connectivity index (χ4v) is 2.13. The summed E-state index contributed by atoms with van der Waals surface area (Å²) in [4.78, 5) is 15.9. The van der Waals surface area contributed by atoms with Gasteiger partial charge < -0.3 is 20.4 Å². The Hall–Kier alpha value is -0.820. The van der Waals surface area contributed by atoms with E-state index in [1.165, 1.54) is 0 Å². The minimum absolute atomic E-state index is 0. The molecule has 1 aliphatic rings. The molecule has 2 rings (SSSR count). The lowest BCUT2D eigenvalue weighted by Gasteiger charge is -2.13. The quantitative estimate of drug-likeness (QED) is 0.833. The molecule has 0 aliphatic carbocycles. The zero-order valence-electron chi connectivity index (χ0n) is 11.4. The molecular weight excluding hydrogens is 303 g/mol. The number of hydrogen-bond donors (Lipinski definition) is 2. The average Bonchev–Trinajstić information content (AvgIpc) is 2.98. The molecule has 0 radical (unpaired) electrons. The van der Waals surface area contributed by atoms with Crippen LogP contribution in [0.3, 0.4) is 0 Å². The third-order valence-corrected chi connectivity index (χ3v) is 3.24. The number of aromatic nitrogens is 2. The Morgan fingerprint density at radius 3 is 2.85 bits per heavy atom. The van der Waals surface area contributed by atoms with Gasteiger partial charge in [-0.05, 0) is 19.8 Å². The Kier molecular flexibility index (Phi) is 8.80. The summed E-state index contributed by atoms with van der Waals surface area (Å²) in [5, 5.41) is 2.88. The van der Waals surface area contributed by atoms with Crippen LogP contribution in [0.5, 0.6) is 0 Å². The van der Waals surface area contributed by atoms with E-state index >= 15 is 0 Å². The largest absolute Gasteiger partial charge is 0.364 e. The van der Waals surface area contributed by atoms with Gasteiger partial charge in [0, 0.05) is 32.0 Å². The van der Waals surface area contributed by atoms with Crippen molar-refractivity contribution in [2.24, 2.45) is 5.73 Å². The highest BCUT2D eigenvalue weighted by molar-refractivity contribution is 5.85. The van der Waals surface area contributed by atoms with Gasteiger partial charge in [0.1, 0.15) is 11.9 Å². The summed E-state index contributed by atoms with van der Waals surface area (Å²) in [7, 11) is 0. The van der Waals surface area contributed by atoms with Crippen LogP contribution in [0.15, 0.2) is 12.4 Å². The summed E-state index contributed by atoms with van der Waals surface area (Å²) in [6.45, 7) is 3.74. The predicted octanol–water partition coefficient (Wildman–Crippen LogP) is 0.658. The first kappa shape index (κ1) is 19.2. The number of carbonyl (C=O) groups excluding carboxylic acids is 1. The molecule has 20 heavy (non-hydrogen) atoms. The van der Waals surface area contributed by atoms with Crippen molar-refractivity contribution in [2.75, 3.05) is 13.1 Å². The zero-order valence-corrected chi connectivity index (χ0v) is 13.1. The van der Waals surface area contributed by atoms with Crippen molar-refractivity contribution in [3.05, 3.63) is 18.2 Å². The van der Waals surface area contributed by atoms with Crippen LogP contribution in [0.25, 0.3) is 0 Å². The molecular formula is C12H22Cl2N4O2. The van der Waals surface area contributed by atoms with E-state index in [0.29, 0.717) is 13.1 Å². The first-order valence-corrected chi connectivity index (χ1v) is 6.31. The molecule has 0 aromatic carbocycles. The van der Waals surface area contributed by atoms with Crippen molar-refractivity contribution in [1.82, 2.24) is 14.9 Å². The van der Waals surface area contributed by atoms with Gasteiger partial charge in [-0.25, -0.2) is 4.98 Å². The van der Waals surface area contributed by atoms with Crippen LogP contribution in [0.2, 0.25) is 0 Å². The van der Waals surface area contributed by atoms with Crippen molar-refractivity contribution in [1.29, 1.82) is 0 Å². The third-order valence-electron chi connectivity index (χ3n) is 3.24. The highest BCUT2D eigenvalue weighted by atomic mass is 35.5. The summed E-state index contributed by atoms with van der Waals surface area (Å²) >= 11 is 0. The van der Waals surface area contributed by atoms with Gasteiger partial charge in [0.25, 0.3) is 0 Å². The van der Waals surface area contributed by atoms with Gasteiger partial charge in [-0.2, -0.15) is 0 Å². The van der Waals surface area contributed by atoms with E-state index in [0.717, 1.165) is 25.2 Å². The van der Waals surface area contributed by atoms with E-state index in [1.54, 1.807) is 6.20 Å². The predicted molar refractivity (Wildman–Crippen MR) is 81.4 cm³/mol. The molecule has 6 nitrogen and oxygen atoms in total. The summed E-state index contributed by atoms with van der Waals surface area (Å²) in [5.41, 5.74) is 5.51. The number of hydrogen-bond acceptors (Lipinski definition) is 4. The smallest absolute Gasteiger partial charge is 0.249 e. The monoisotopic (exact) mass is 324 g/mol. The van der Waals surface area contributed by atoms with Crippen LogP contribution < -0.4 is 11.1 Å². The minimum atomic E-state index is -0.331. The molecule has 116 valence electrons. The number of halogens is 2. The molecule has 1 saturated heterocycles. The van der Waals surface area contributed by atoms with E-state index < -0.39 is 0 Å². The first-order chi connectivity index (χ1) is 8.70. The second kappa shape index (κ2) is 9.18. The SMILES string of the molecule is Cc1nccn1CCNC(=O)[C@@H]1CC[C@H](CN)O1.Cl.Cl. The Morgan fingerprint density at radius 2 is 2.30 bits per heavy atom. The van der Waals surface area contributed by atoms with Crippen LogP contribution in [0.1, 0.15) is 18.7 Å². The van der Waals surface area contributed by atoms with Gasteiger partial charge >= 0.3 is 0 Å². The first-order valence-electron chi connectivity index (χ1n) is 6.31. The van der Waals surface area contributed by atoms with Crippen LogP contribution in [-0.2, 0) is 16.1 Å². The van der Waals surface area contributed by atoms with Crippen molar-refractivity contribution in [3.63, 3.8) is 0 Å². The van der Waals surface area contributed by atoms with Crippen molar-refractivity contribution in [3.8, 4) is 0 Å². The molecule has 1 amide bonds. The Morgan fingerprint density at radius 1 is 1.55 bits per heavy atom. The molecule has 0 saturated carbocycles. The van der Waals surface area contributed by atoms with Gasteiger partial charge in [-0.15, -0.1) is 24.8 Å². The molecule has 2 heterocycles. The van der Waals surface area contributed by atoms with E-state index in [1.807, 2.05) is 17.7 Å². The molecule has 2 atom stereocenters. The second-order valence-corrected chi connectivity index (χ2v) is 4.52. The number of nitrogens with one attached hydrogen (secondary N) is 1. The van der Waals surface area contributed by atoms with E-state index in [2.05, 4.69) is 10.3 Å². The lowest BCUT2D eigenvalue weighted by Crippen LogP contribution is -2.37. The lowest BCUT2D eigenvalue weighted by atomic mass is 10.2. The van der Waals surface area contributed by atoms with Crippen LogP contribution in [0, 0.1) is 6.92 Å². The summed E-state index contributed by atoms with van der Waals surface area (Å²) < 4.78 is 7.53. The summed E-state index contributed by atoms with van der Waals surface area (Å²) in [6, 6.07) is 0. The van der Waals surface area contributed by atoms with E-state index in [-0.39, 0.29) is 42.9 Å². The Bertz CT molecular complexity index is 414. The third kappa shape index (κ3) is 4.94. The number of nitrogens with zero attached hydrogens (tertiary/aromatic N) is 2. The van der Waals surface area contributed by atoms with Gasteiger partial charge in [0.05, 0.1) is 6.10 Å². The van der Waals surface area contributed by atoms with Crippen molar-refractivity contribution >= 4 is 30.7 Å². The molecule has 3 N–H and O–H groups in total. The maximum Gasteiger partial charge on any atom is 0.249 e. The molecule has 0 unspecified atom stereocenters. The van der Waals surface area contributed by atoms with Crippen LogP contribution in [-0.4, -0.2) is 40.8 Å². The number of nitrogens with two attached hydrogens (primary N) is 1. The number of aryl methyl sites for hydroxylation is 1. The van der Waals surface area contributed by atoms with Gasteiger partial charge in [0.15, 0.2) is 0 Å². The molecule has 1 aromatic heterocycles. The highest BCUT2D eigenvalue weighted by Gasteiger charge is 2.29. The number of carbonyl (C=O) groups is 1. The number of ether oxygens (including phenoxy) is 1. The minimum Gasteiger partial charge on any atom is -0.364 e. The van der Waals surface area contributed by atoms with E-state index in [9.17, 15) is 4.79 Å². The van der Waals surface area contributed by atoms with Crippen LogP contribution >= 0.6 is 24.8 Å². The molecule has 8 heteroatoms. The molecule has 1 aromatic rings. The summed E-state index contributed by atoms with van der Waals surface area (Å²) in [5.74, 6) is 0.910. The van der Waals surface area contributed by atoms with Gasteiger partial charge in [-0.3, -0.25) is 4.79 Å². The fraction of sp³-hybridized carbons (Fsp3) is 0.667. The zero-order chi connectivity index (χ0) is 13.0. The highest BCUT2D eigenvalue weighted by Crippen LogP contribution is 2.18. The molecule has 1 aliphatic heterocycles.